The molecule has 26 heavy (non-hydrogen) atoms. The Morgan fingerprint density at radius 1 is 1.27 bits per heavy atom. The number of hydrogen-bond acceptors (Lipinski definition) is 4. The van der Waals surface area contributed by atoms with E-state index >= 15 is 0 Å². The minimum atomic E-state index is 0.530. The normalized spacial score (nSPS) is 11.0. The Kier molecular flexibility index (Phi) is 6.51. The van der Waals surface area contributed by atoms with Gasteiger partial charge in [-0.2, -0.15) is 10.2 Å². The van der Waals surface area contributed by atoms with Crippen LogP contribution < -0.4 is 10.7 Å². The van der Waals surface area contributed by atoms with Crippen LogP contribution in [0.4, 0.5) is 0 Å². The summed E-state index contributed by atoms with van der Waals surface area (Å²) in [6.45, 7) is 3.00. The van der Waals surface area contributed by atoms with Crippen molar-refractivity contribution in [3.05, 3.63) is 59.6 Å². The first-order chi connectivity index (χ1) is 12.8. The van der Waals surface area contributed by atoms with Crippen LogP contribution in [0.5, 0.6) is 0 Å². The van der Waals surface area contributed by atoms with Crippen LogP contribution in [0.1, 0.15) is 25.3 Å². The molecule has 0 fully saturated rings. The van der Waals surface area contributed by atoms with Crippen LogP contribution >= 0.6 is 23.6 Å². The lowest BCUT2D eigenvalue weighted by atomic mass is 10.2. The molecule has 0 atom stereocenters. The third-order valence-corrected chi connectivity index (χ3v) is 4.82. The van der Waals surface area contributed by atoms with Crippen LogP contribution in [0.25, 0.3) is 16.3 Å². The maximum absolute atomic E-state index is 5.22. The molecule has 2 heterocycles. The average molecular weight is 384 g/mol. The SMILES string of the molecule is CCCCNC(=S)N/N=C\c1cn(-c2ccccc2)nc1-c1cccs1. The Hall–Kier alpha value is -2.51. The molecule has 0 unspecified atom stereocenters. The van der Waals surface area contributed by atoms with E-state index in [9.17, 15) is 0 Å². The third kappa shape index (κ3) is 4.77. The van der Waals surface area contributed by atoms with Crippen LogP contribution in [0, 0.1) is 0 Å². The van der Waals surface area contributed by atoms with Crippen LogP contribution in [-0.4, -0.2) is 27.7 Å². The topological polar surface area (TPSA) is 54.2 Å². The van der Waals surface area contributed by atoms with Crippen molar-refractivity contribution in [1.82, 2.24) is 20.5 Å². The molecule has 2 aromatic heterocycles. The Morgan fingerprint density at radius 2 is 2.12 bits per heavy atom. The van der Waals surface area contributed by atoms with E-state index in [0.717, 1.165) is 41.2 Å². The van der Waals surface area contributed by atoms with Crippen molar-refractivity contribution in [2.24, 2.45) is 5.10 Å². The largest absolute Gasteiger partial charge is 0.361 e. The summed E-state index contributed by atoms with van der Waals surface area (Å²) in [6.07, 6.45) is 5.94. The van der Waals surface area contributed by atoms with Gasteiger partial charge in [0.2, 0.25) is 0 Å². The monoisotopic (exact) mass is 383 g/mol. The summed E-state index contributed by atoms with van der Waals surface area (Å²) in [6, 6.07) is 14.1. The fraction of sp³-hybridized carbons (Fsp3) is 0.211. The van der Waals surface area contributed by atoms with Gasteiger partial charge < -0.3 is 5.32 Å². The first kappa shape index (κ1) is 18.3. The summed E-state index contributed by atoms with van der Waals surface area (Å²) in [5, 5.41) is 14.7. The molecule has 134 valence electrons. The summed E-state index contributed by atoms with van der Waals surface area (Å²) in [4.78, 5) is 1.10. The van der Waals surface area contributed by atoms with Crippen molar-refractivity contribution in [1.29, 1.82) is 0 Å². The Bertz CT molecular complexity index is 853. The predicted molar refractivity (Wildman–Crippen MR) is 113 cm³/mol. The van der Waals surface area contributed by atoms with Gasteiger partial charge in [0.05, 0.1) is 16.8 Å². The minimum absolute atomic E-state index is 0.530. The van der Waals surface area contributed by atoms with Crippen LogP contribution in [-0.2, 0) is 0 Å². The van der Waals surface area contributed by atoms with Crippen molar-refractivity contribution < 1.29 is 0 Å². The van der Waals surface area contributed by atoms with Gasteiger partial charge in [-0.05, 0) is 42.2 Å². The van der Waals surface area contributed by atoms with Crippen LogP contribution in [0.3, 0.4) is 0 Å². The average Bonchev–Trinajstić information content (AvgIpc) is 3.32. The van der Waals surface area contributed by atoms with Gasteiger partial charge in [0, 0.05) is 18.3 Å². The zero-order valence-corrected chi connectivity index (χ0v) is 16.2. The molecule has 0 radical (unpaired) electrons. The zero-order valence-electron chi connectivity index (χ0n) is 14.6. The lowest BCUT2D eigenvalue weighted by molar-refractivity contribution is 0.745. The predicted octanol–water partition coefficient (Wildman–Crippen LogP) is 4.20. The molecule has 0 amide bonds. The molecule has 7 heteroatoms. The second kappa shape index (κ2) is 9.26. The molecule has 3 aromatic rings. The maximum atomic E-state index is 5.22. The highest BCUT2D eigenvalue weighted by molar-refractivity contribution is 7.80. The molecule has 0 aliphatic heterocycles. The molecule has 0 saturated carbocycles. The molecule has 0 spiro atoms. The van der Waals surface area contributed by atoms with Gasteiger partial charge in [-0.15, -0.1) is 11.3 Å². The number of hydrogen-bond donors (Lipinski definition) is 2. The second-order valence-electron chi connectivity index (χ2n) is 5.67. The molecule has 3 rings (SSSR count). The minimum Gasteiger partial charge on any atom is -0.361 e. The molecule has 2 N–H and O–H groups in total. The summed E-state index contributed by atoms with van der Waals surface area (Å²) in [5.41, 5.74) is 5.71. The van der Waals surface area contributed by atoms with Gasteiger partial charge in [0.1, 0.15) is 5.69 Å². The molecule has 0 aliphatic rings. The van der Waals surface area contributed by atoms with Gasteiger partial charge in [-0.25, -0.2) is 4.68 Å². The standard InChI is InChI=1S/C19H21N5S2/c1-2-3-11-20-19(25)22-21-13-15-14-24(16-8-5-4-6-9-16)23-18(15)17-10-7-12-26-17/h4-10,12-14H,2-3,11H2,1H3,(H2,20,22,25)/b21-13-. The van der Waals surface area contributed by atoms with Crippen molar-refractivity contribution in [3.63, 3.8) is 0 Å². The summed E-state index contributed by atoms with van der Waals surface area (Å²) < 4.78 is 1.87. The van der Waals surface area contributed by atoms with E-state index in [2.05, 4.69) is 28.8 Å². The highest BCUT2D eigenvalue weighted by atomic mass is 32.1. The van der Waals surface area contributed by atoms with E-state index in [1.807, 2.05) is 52.7 Å². The quantitative estimate of drug-likeness (QED) is 0.278. The van der Waals surface area contributed by atoms with Gasteiger partial charge in [-0.3, -0.25) is 5.43 Å². The van der Waals surface area contributed by atoms with Crippen LogP contribution in [0.2, 0.25) is 0 Å². The van der Waals surface area contributed by atoms with Crippen molar-refractivity contribution >= 4 is 34.9 Å². The summed E-state index contributed by atoms with van der Waals surface area (Å²) in [7, 11) is 0. The third-order valence-electron chi connectivity index (χ3n) is 3.70. The lowest BCUT2D eigenvalue weighted by Gasteiger charge is -2.05. The lowest BCUT2D eigenvalue weighted by Crippen LogP contribution is -2.32. The smallest absolute Gasteiger partial charge is 0.186 e. The Balaban J connectivity index is 1.78. The molecular weight excluding hydrogens is 362 g/mol. The van der Waals surface area contributed by atoms with Crippen molar-refractivity contribution in [2.75, 3.05) is 6.54 Å². The molecular formula is C19H21N5S2. The number of para-hydroxylation sites is 1. The number of benzene rings is 1. The molecule has 0 saturated heterocycles. The fourth-order valence-electron chi connectivity index (χ4n) is 2.38. The number of unbranched alkanes of at least 4 members (excludes halogenated alkanes) is 1. The Morgan fingerprint density at radius 3 is 2.85 bits per heavy atom. The van der Waals surface area contributed by atoms with Crippen molar-refractivity contribution in [2.45, 2.75) is 19.8 Å². The highest BCUT2D eigenvalue weighted by Gasteiger charge is 2.11. The van der Waals surface area contributed by atoms with Crippen molar-refractivity contribution in [3.8, 4) is 16.3 Å². The number of hydrazone groups is 1. The fourth-order valence-corrected chi connectivity index (χ4v) is 3.26. The van der Waals surface area contributed by atoms with E-state index in [-0.39, 0.29) is 0 Å². The molecule has 1 aromatic carbocycles. The Labute approximate surface area is 162 Å². The van der Waals surface area contributed by atoms with E-state index in [0.29, 0.717) is 5.11 Å². The number of rotatable bonds is 7. The van der Waals surface area contributed by atoms with Gasteiger partial charge >= 0.3 is 0 Å². The zero-order chi connectivity index (χ0) is 18.2. The van der Waals surface area contributed by atoms with Gasteiger partial charge in [0.15, 0.2) is 5.11 Å². The number of thiocarbonyl (C=S) groups is 1. The first-order valence-corrected chi connectivity index (χ1v) is 9.82. The molecule has 5 nitrogen and oxygen atoms in total. The van der Waals surface area contributed by atoms with E-state index < -0.39 is 0 Å². The molecule has 0 bridgehead atoms. The highest BCUT2D eigenvalue weighted by Crippen LogP contribution is 2.26. The van der Waals surface area contributed by atoms with Crippen LogP contribution in [0.15, 0.2) is 59.1 Å². The van der Waals surface area contributed by atoms with Gasteiger partial charge in [-0.1, -0.05) is 37.6 Å². The van der Waals surface area contributed by atoms with E-state index in [4.69, 9.17) is 17.3 Å². The number of thiophene rings is 1. The van der Waals surface area contributed by atoms with E-state index in [1.165, 1.54) is 0 Å². The van der Waals surface area contributed by atoms with Gasteiger partial charge in [0.25, 0.3) is 0 Å². The maximum Gasteiger partial charge on any atom is 0.186 e. The number of aromatic nitrogens is 2. The summed E-state index contributed by atoms with van der Waals surface area (Å²) in [5.74, 6) is 0. The second-order valence-corrected chi connectivity index (χ2v) is 7.03. The number of nitrogens with one attached hydrogen (secondary N) is 2. The number of nitrogens with zero attached hydrogens (tertiary/aromatic N) is 3. The first-order valence-electron chi connectivity index (χ1n) is 8.54. The summed E-state index contributed by atoms with van der Waals surface area (Å²) >= 11 is 6.88. The molecule has 0 aliphatic carbocycles. The van der Waals surface area contributed by atoms with E-state index in [1.54, 1.807) is 17.6 Å².